The highest BCUT2D eigenvalue weighted by Crippen LogP contribution is 2.13. The summed E-state index contributed by atoms with van der Waals surface area (Å²) in [6, 6.07) is 9.33. The maximum Gasteiger partial charge on any atom is 0.274 e. The Balaban J connectivity index is 2.25. The SMILES string of the molecule is CCCN(C(=O)c1ccn(-c2cccc(N)c2)n1)C(C)C. The van der Waals surface area contributed by atoms with Crippen molar-refractivity contribution in [2.24, 2.45) is 0 Å². The molecule has 0 aliphatic carbocycles. The molecule has 2 aromatic rings. The molecule has 1 aromatic carbocycles. The Morgan fingerprint density at radius 2 is 2.14 bits per heavy atom. The van der Waals surface area contributed by atoms with Gasteiger partial charge in [-0.3, -0.25) is 4.79 Å². The molecular weight excluding hydrogens is 264 g/mol. The van der Waals surface area contributed by atoms with E-state index in [4.69, 9.17) is 5.73 Å². The van der Waals surface area contributed by atoms with Gasteiger partial charge in [0.25, 0.3) is 5.91 Å². The first-order valence-corrected chi connectivity index (χ1v) is 7.25. The molecule has 1 heterocycles. The number of nitrogens with zero attached hydrogens (tertiary/aromatic N) is 3. The van der Waals surface area contributed by atoms with Crippen LogP contribution in [0.15, 0.2) is 36.5 Å². The summed E-state index contributed by atoms with van der Waals surface area (Å²) in [7, 11) is 0. The third-order valence-electron chi connectivity index (χ3n) is 3.29. The molecule has 2 N–H and O–H groups in total. The number of hydrogen-bond acceptors (Lipinski definition) is 3. The second-order valence-electron chi connectivity index (χ2n) is 5.33. The van der Waals surface area contributed by atoms with Gasteiger partial charge in [0.15, 0.2) is 5.69 Å². The summed E-state index contributed by atoms with van der Waals surface area (Å²) in [5.41, 5.74) is 7.75. The molecule has 0 saturated heterocycles. The largest absolute Gasteiger partial charge is 0.399 e. The summed E-state index contributed by atoms with van der Waals surface area (Å²) in [6.45, 7) is 6.83. The molecule has 2 rings (SSSR count). The summed E-state index contributed by atoms with van der Waals surface area (Å²) in [5, 5.41) is 4.38. The van der Waals surface area contributed by atoms with E-state index in [1.807, 2.05) is 43.0 Å². The van der Waals surface area contributed by atoms with Crippen LogP contribution < -0.4 is 5.73 Å². The first kappa shape index (κ1) is 15.1. The summed E-state index contributed by atoms with van der Waals surface area (Å²) < 4.78 is 1.67. The summed E-state index contributed by atoms with van der Waals surface area (Å²) in [5.74, 6) is -0.0329. The number of benzene rings is 1. The highest BCUT2D eigenvalue weighted by atomic mass is 16.2. The van der Waals surface area contributed by atoms with Gasteiger partial charge >= 0.3 is 0 Å². The van der Waals surface area contributed by atoms with Crippen LogP contribution in [0.2, 0.25) is 0 Å². The van der Waals surface area contributed by atoms with Crippen molar-refractivity contribution in [1.29, 1.82) is 0 Å². The maximum atomic E-state index is 12.5. The van der Waals surface area contributed by atoms with Gasteiger partial charge in [-0.1, -0.05) is 13.0 Å². The highest BCUT2D eigenvalue weighted by molar-refractivity contribution is 5.92. The number of carbonyl (C=O) groups excluding carboxylic acids is 1. The van der Waals surface area contributed by atoms with Crippen LogP contribution in [0.1, 0.15) is 37.7 Å². The second-order valence-corrected chi connectivity index (χ2v) is 5.33. The van der Waals surface area contributed by atoms with E-state index in [2.05, 4.69) is 12.0 Å². The predicted octanol–water partition coefficient (Wildman–Crippen LogP) is 2.72. The van der Waals surface area contributed by atoms with E-state index in [0.717, 1.165) is 18.7 Å². The van der Waals surface area contributed by atoms with E-state index in [1.54, 1.807) is 16.9 Å². The standard InChI is InChI=1S/C16H22N4O/c1-4-9-19(12(2)3)16(21)15-8-10-20(18-15)14-7-5-6-13(17)11-14/h5-8,10-12H,4,9,17H2,1-3H3. The minimum Gasteiger partial charge on any atom is -0.399 e. The topological polar surface area (TPSA) is 64.2 Å². The number of rotatable bonds is 5. The normalized spacial score (nSPS) is 10.9. The molecule has 0 aliphatic heterocycles. The van der Waals surface area contributed by atoms with E-state index < -0.39 is 0 Å². The molecule has 0 fully saturated rings. The number of aromatic nitrogens is 2. The Kier molecular flexibility index (Phi) is 4.62. The minimum absolute atomic E-state index is 0.0329. The number of hydrogen-bond donors (Lipinski definition) is 1. The molecule has 0 radical (unpaired) electrons. The van der Waals surface area contributed by atoms with E-state index >= 15 is 0 Å². The second kappa shape index (κ2) is 6.43. The van der Waals surface area contributed by atoms with Crippen LogP contribution in [-0.4, -0.2) is 33.2 Å². The van der Waals surface area contributed by atoms with Crippen LogP contribution in [0.5, 0.6) is 0 Å². The highest BCUT2D eigenvalue weighted by Gasteiger charge is 2.20. The van der Waals surface area contributed by atoms with Gasteiger partial charge in [-0.05, 0) is 44.5 Å². The average molecular weight is 286 g/mol. The van der Waals surface area contributed by atoms with Gasteiger partial charge in [0.1, 0.15) is 0 Å². The summed E-state index contributed by atoms with van der Waals surface area (Å²) in [6.07, 6.45) is 2.71. The Morgan fingerprint density at radius 1 is 1.38 bits per heavy atom. The number of nitrogens with two attached hydrogens (primary N) is 1. The molecule has 0 atom stereocenters. The molecule has 0 spiro atoms. The zero-order chi connectivity index (χ0) is 15.4. The van der Waals surface area contributed by atoms with Crippen molar-refractivity contribution in [3.63, 3.8) is 0 Å². The van der Waals surface area contributed by atoms with E-state index in [-0.39, 0.29) is 11.9 Å². The molecule has 0 aliphatic rings. The Labute approximate surface area is 125 Å². The molecule has 0 saturated carbocycles. The van der Waals surface area contributed by atoms with E-state index in [1.165, 1.54) is 0 Å². The molecule has 5 heteroatoms. The van der Waals surface area contributed by atoms with Crippen LogP contribution in [0.4, 0.5) is 5.69 Å². The van der Waals surface area contributed by atoms with Crippen molar-refractivity contribution in [2.75, 3.05) is 12.3 Å². The smallest absolute Gasteiger partial charge is 0.274 e. The van der Waals surface area contributed by atoms with Crippen LogP contribution in [0.25, 0.3) is 5.69 Å². The van der Waals surface area contributed by atoms with Crippen molar-refractivity contribution in [2.45, 2.75) is 33.2 Å². The lowest BCUT2D eigenvalue weighted by molar-refractivity contribution is 0.0699. The molecule has 1 amide bonds. The lowest BCUT2D eigenvalue weighted by Gasteiger charge is -2.25. The van der Waals surface area contributed by atoms with Gasteiger partial charge < -0.3 is 10.6 Å². The van der Waals surface area contributed by atoms with Crippen molar-refractivity contribution in [1.82, 2.24) is 14.7 Å². The van der Waals surface area contributed by atoms with Gasteiger partial charge in [-0.25, -0.2) is 4.68 Å². The van der Waals surface area contributed by atoms with Crippen LogP contribution in [0.3, 0.4) is 0 Å². The zero-order valence-corrected chi connectivity index (χ0v) is 12.8. The zero-order valence-electron chi connectivity index (χ0n) is 12.8. The van der Waals surface area contributed by atoms with Gasteiger partial charge in [0.2, 0.25) is 0 Å². The fraction of sp³-hybridized carbons (Fsp3) is 0.375. The molecule has 0 unspecified atom stereocenters. The van der Waals surface area contributed by atoms with Gasteiger partial charge in [-0.15, -0.1) is 0 Å². The van der Waals surface area contributed by atoms with E-state index in [0.29, 0.717) is 11.4 Å². The van der Waals surface area contributed by atoms with Crippen LogP contribution >= 0.6 is 0 Å². The van der Waals surface area contributed by atoms with Crippen LogP contribution in [-0.2, 0) is 0 Å². The molecule has 5 nitrogen and oxygen atoms in total. The quantitative estimate of drug-likeness (QED) is 0.859. The minimum atomic E-state index is -0.0329. The van der Waals surface area contributed by atoms with E-state index in [9.17, 15) is 4.79 Å². The number of amides is 1. The lowest BCUT2D eigenvalue weighted by atomic mass is 10.2. The summed E-state index contributed by atoms with van der Waals surface area (Å²) in [4.78, 5) is 14.4. The van der Waals surface area contributed by atoms with Crippen molar-refractivity contribution >= 4 is 11.6 Å². The first-order chi connectivity index (χ1) is 10.0. The van der Waals surface area contributed by atoms with Gasteiger partial charge in [-0.2, -0.15) is 5.10 Å². The number of nitrogen functional groups attached to an aromatic ring is 1. The maximum absolute atomic E-state index is 12.5. The monoisotopic (exact) mass is 286 g/mol. The predicted molar refractivity (Wildman–Crippen MR) is 84.4 cm³/mol. The Hall–Kier alpha value is -2.30. The fourth-order valence-electron chi connectivity index (χ4n) is 2.23. The summed E-state index contributed by atoms with van der Waals surface area (Å²) >= 11 is 0. The average Bonchev–Trinajstić information content (AvgIpc) is 2.93. The third kappa shape index (κ3) is 3.42. The third-order valence-corrected chi connectivity index (χ3v) is 3.29. The fourth-order valence-corrected chi connectivity index (χ4v) is 2.23. The number of anilines is 1. The molecular formula is C16H22N4O. The molecule has 1 aromatic heterocycles. The lowest BCUT2D eigenvalue weighted by Crippen LogP contribution is -2.37. The van der Waals surface area contributed by atoms with Crippen molar-refractivity contribution in [3.8, 4) is 5.69 Å². The Morgan fingerprint density at radius 3 is 2.76 bits per heavy atom. The molecule has 112 valence electrons. The van der Waals surface area contributed by atoms with Gasteiger partial charge in [0, 0.05) is 24.5 Å². The van der Waals surface area contributed by atoms with Crippen molar-refractivity contribution in [3.05, 3.63) is 42.2 Å². The number of carbonyl (C=O) groups is 1. The molecule has 21 heavy (non-hydrogen) atoms. The Bertz CT molecular complexity index is 618. The molecule has 0 bridgehead atoms. The van der Waals surface area contributed by atoms with Crippen LogP contribution in [0, 0.1) is 0 Å². The van der Waals surface area contributed by atoms with Crippen molar-refractivity contribution < 1.29 is 4.79 Å². The van der Waals surface area contributed by atoms with Gasteiger partial charge in [0.05, 0.1) is 5.69 Å². The first-order valence-electron chi connectivity index (χ1n) is 7.25.